The van der Waals surface area contributed by atoms with E-state index in [0.29, 0.717) is 18.0 Å². The Morgan fingerprint density at radius 3 is 2.74 bits per heavy atom. The summed E-state index contributed by atoms with van der Waals surface area (Å²) in [4.78, 5) is 19.2. The van der Waals surface area contributed by atoms with Crippen molar-refractivity contribution >= 4 is 28.5 Å². The zero-order valence-corrected chi connectivity index (χ0v) is 18.0. The SMILES string of the molecule is Cc1ccnc2nc(-c3cncc(-c4ccc(F)c(Cl)c4)c3N3CC[C@](C)(N)C3)[nH]c12. The Kier molecular flexibility index (Phi) is 4.68. The summed E-state index contributed by atoms with van der Waals surface area (Å²) < 4.78 is 13.8. The summed E-state index contributed by atoms with van der Waals surface area (Å²) in [6.45, 7) is 5.55. The molecule has 158 valence electrons. The summed E-state index contributed by atoms with van der Waals surface area (Å²) in [5.41, 5.74) is 12.2. The summed E-state index contributed by atoms with van der Waals surface area (Å²) >= 11 is 6.09. The van der Waals surface area contributed by atoms with Crippen LogP contribution in [0.3, 0.4) is 0 Å². The van der Waals surface area contributed by atoms with Crippen molar-refractivity contribution in [2.75, 3.05) is 18.0 Å². The van der Waals surface area contributed by atoms with Gasteiger partial charge in [0.15, 0.2) is 5.65 Å². The van der Waals surface area contributed by atoms with Crippen LogP contribution in [0.5, 0.6) is 0 Å². The van der Waals surface area contributed by atoms with Crippen molar-refractivity contribution in [2.45, 2.75) is 25.8 Å². The number of fused-ring (bicyclic) bond motifs is 1. The fourth-order valence-electron chi connectivity index (χ4n) is 4.18. The van der Waals surface area contributed by atoms with Gasteiger partial charge in [0.25, 0.3) is 0 Å². The average molecular weight is 437 g/mol. The van der Waals surface area contributed by atoms with Gasteiger partial charge in [0.2, 0.25) is 0 Å². The van der Waals surface area contributed by atoms with Crippen LogP contribution in [0, 0.1) is 12.7 Å². The molecule has 4 aromatic rings. The third-order valence-corrected chi connectivity index (χ3v) is 6.11. The van der Waals surface area contributed by atoms with E-state index in [1.807, 2.05) is 13.0 Å². The minimum absolute atomic E-state index is 0.0718. The molecule has 8 heteroatoms. The molecule has 3 aromatic heterocycles. The highest BCUT2D eigenvalue weighted by atomic mass is 35.5. The number of halogens is 2. The lowest BCUT2D eigenvalue weighted by Crippen LogP contribution is -2.39. The molecule has 0 spiro atoms. The first kappa shape index (κ1) is 19.9. The maximum Gasteiger partial charge on any atom is 0.178 e. The van der Waals surface area contributed by atoms with Crippen LogP contribution in [0.25, 0.3) is 33.7 Å². The Morgan fingerprint density at radius 1 is 1.23 bits per heavy atom. The Labute approximate surface area is 184 Å². The summed E-state index contributed by atoms with van der Waals surface area (Å²) in [6, 6.07) is 6.66. The maximum absolute atomic E-state index is 13.8. The zero-order valence-electron chi connectivity index (χ0n) is 17.3. The van der Waals surface area contributed by atoms with E-state index in [1.54, 1.807) is 30.7 Å². The van der Waals surface area contributed by atoms with E-state index in [2.05, 4.69) is 26.8 Å². The number of aromatic amines is 1. The predicted octanol–water partition coefficient (Wildman–Crippen LogP) is 4.72. The Hall–Kier alpha value is -3.03. The van der Waals surface area contributed by atoms with Crippen molar-refractivity contribution in [1.82, 2.24) is 19.9 Å². The van der Waals surface area contributed by atoms with Crippen molar-refractivity contribution in [3.63, 3.8) is 0 Å². The van der Waals surface area contributed by atoms with Gasteiger partial charge < -0.3 is 15.6 Å². The molecule has 1 atom stereocenters. The minimum Gasteiger partial charge on any atom is -0.368 e. The van der Waals surface area contributed by atoms with Gasteiger partial charge in [0, 0.05) is 42.8 Å². The van der Waals surface area contributed by atoms with Crippen molar-refractivity contribution in [3.05, 3.63) is 59.3 Å². The largest absolute Gasteiger partial charge is 0.368 e. The molecule has 6 nitrogen and oxygen atoms in total. The second kappa shape index (κ2) is 7.28. The lowest BCUT2D eigenvalue weighted by molar-refractivity contribution is 0.525. The molecule has 0 bridgehead atoms. The van der Waals surface area contributed by atoms with Gasteiger partial charge in [0.05, 0.1) is 21.8 Å². The normalized spacial score (nSPS) is 18.8. The number of aromatic nitrogens is 4. The number of nitrogens with one attached hydrogen (secondary N) is 1. The number of nitrogens with two attached hydrogens (primary N) is 1. The minimum atomic E-state index is -0.453. The van der Waals surface area contributed by atoms with E-state index in [4.69, 9.17) is 22.3 Å². The van der Waals surface area contributed by atoms with Crippen LogP contribution in [-0.2, 0) is 0 Å². The van der Waals surface area contributed by atoms with Crippen molar-refractivity contribution < 1.29 is 4.39 Å². The first-order valence-corrected chi connectivity index (χ1v) is 10.5. The van der Waals surface area contributed by atoms with Crippen LogP contribution in [0.1, 0.15) is 18.9 Å². The number of pyridine rings is 2. The number of imidazole rings is 1. The van der Waals surface area contributed by atoms with Gasteiger partial charge in [-0.2, -0.15) is 0 Å². The van der Waals surface area contributed by atoms with E-state index in [-0.39, 0.29) is 10.6 Å². The summed E-state index contributed by atoms with van der Waals surface area (Å²) in [7, 11) is 0. The molecule has 5 rings (SSSR count). The second-order valence-electron chi connectivity index (χ2n) is 8.45. The van der Waals surface area contributed by atoms with Gasteiger partial charge in [-0.05, 0) is 49.6 Å². The van der Waals surface area contributed by atoms with Gasteiger partial charge in [-0.3, -0.25) is 4.98 Å². The molecule has 0 radical (unpaired) electrons. The van der Waals surface area contributed by atoms with Crippen LogP contribution in [0.4, 0.5) is 10.1 Å². The van der Waals surface area contributed by atoms with Crippen LogP contribution >= 0.6 is 11.6 Å². The molecule has 1 aliphatic rings. The Balaban J connectivity index is 1.74. The quantitative estimate of drug-likeness (QED) is 0.485. The van der Waals surface area contributed by atoms with Crippen molar-refractivity contribution in [3.8, 4) is 22.5 Å². The van der Waals surface area contributed by atoms with Gasteiger partial charge in [-0.15, -0.1) is 0 Å². The number of nitrogens with zero attached hydrogens (tertiary/aromatic N) is 4. The molecule has 0 amide bonds. The standard InChI is InChI=1S/C23H22ClFN6/c1-13-5-7-28-22-19(13)29-21(30-22)16-11-27-10-15(14-3-4-18(25)17(24)9-14)20(16)31-8-6-23(2,26)12-31/h3-5,7,9-11H,6,8,12,26H2,1-2H3,(H,28,29,30)/t23-/m0/s1. The molecule has 1 aromatic carbocycles. The third-order valence-electron chi connectivity index (χ3n) is 5.82. The molecule has 1 fully saturated rings. The van der Waals surface area contributed by atoms with E-state index >= 15 is 0 Å². The monoisotopic (exact) mass is 436 g/mol. The second-order valence-corrected chi connectivity index (χ2v) is 8.86. The number of aryl methyl sites for hydroxylation is 1. The first-order chi connectivity index (χ1) is 14.8. The molecule has 31 heavy (non-hydrogen) atoms. The van der Waals surface area contributed by atoms with E-state index in [9.17, 15) is 4.39 Å². The number of rotatable bonds is 3. The number of benzene rings is 1. The fraction of sp³-hybridized carbons (Fsp3) is 0.261. The number of hydrogen-bond donors (Lipinski definition) is 2. The van der Waals surface area contributed by atoms with Crippen molar-refractivity contribution in [2.24, 2.45) is 5.73 Å². The molecule has 3 N–H and O–H groups in total. The third kappa shape index (κ3) is 3.54. The molecule has 1 aliphatic heterocycles. The summed E-state index contributed by atoms with van der Waals surface area (Å²) in [5, 5.41) is 0.0718. The van der Waals surface area contributed by atoms with Gasteiger partial charge in [-0.1, -0.05) is 17.7 Å². The number of H-pyrrole nitrogens is 1. The lowest BCUT2D eigenvalue weighted by Gasteiger charge is -2.26. The van der Waals surface area contributed by atoms with Gasteiger partial charge in [-0.25, -0.2) is 14.4 Å². The average Bonchev–Trinajstić information content (AvgIpc) is 3.33. The van der Waals surface area contributed by atoms with Gasteiger partial charge >= 0.3 is 0 Å². The first-order valence-electron chi connectivity index (χ1n) is 10.1. The topological polar surface area (TPSA) is 83.7 Å². The molecule has 1 saturated heterocycles. The maximum atomic E-state index is 13.8. The molecule has 0 unspecified atom stereocenters. The fourth-order valence-corrected chi connectivity index (χ4v) is 4.36. The lowest BCUT2D eigenvalue weighted by atomic mass is 10.0. The van der Waals surface area contributed by atoms with Gasteiger partial charge in [0.1, 0.15) is 11.6 Å². The predicted molar refractivity (Wildman–Crippen MR) is 122 cm³/mol. The molecule has 0 saturated carbocycles. The highest BCUT2D eigenvalue weighted by Crippen LogP contribution is 2.41. The van der Waals surface area contributed by atoms with Crippen LogP contribution in [0.2, 0.25) is 5.02 Å². The van der Waals surface area contributed by atoms with E-state index in [0.717, 1.165) is 46.4 Å². The van der Waals surface area contributed by atoms with E-state index < -0.39 is 5.82 Å². The van der Waals surface area contributed by atoms with Crippen LogP contribution < -0.4 is 10.6 Å². The molecular formula is C23H22ClFN6. The highest BCUT2D eigenvalue weighted by molar-refractivity contribution is 6.31. The highest BCUT2D eigenvalue weighted by Gasteiger charge is 2.33. The van der Waals surface area contributed by atoms with Crippen LogP contribution in [-0.4, -0.2) is 38.6 Å². The van der Waals surface area contributed by atoms with E-state index in [1.165, 1.54) is 6.07 Å². The Morgan fingerprint density at radius 2 is 2.03 bits per heavy atom. The summed E-state index contributed by atoms with van der Waals surface area (Å²) in [6.07, 6.45) is 6.18. The number of hydrogen-bond acceptors (Lipinski definition) is 5. The molecule has 4 heterocycles. The molecule has 0 aliphatic carbocycles. The smallest absolute Gasteiger partial charge is 0.178 e. The summed E-state index contributed by atoms with van der Waals surface area (Å²) in [5.74, 6) is 0.227. The van der Waals surface area contributed by atoms with Crippen LogP contribution in [0.15, 0.2) is 42.9 Å². The molecular weight excluding hydrogens is 415 g/mol. The van der Waals surface area contributed by atoms with Crippen molar-refractivity contribution in [1.29, 1.82) is 0 Å². The Bertz CT molecular complexity index is 1300. The zero-order chi connectivity index (χ0) is 21.8. The number of anilines is 1.